The van der Waals surface area contributed by atoms with Gasteiger partial charge in [-0.15, -0.1) is 0 Å². The van der Waals surface area contributed by atoms with Crippen molar-refractivity contribution in [2.75, 3.05) is 6.26 Å². The molecule has 0 spiro atoms. The van der Waals surface area contributed by atoms with Crippen LogP contribution >= 0.6 is 12.6 Å². The maximum absolute atomic E-state index is 8.85. The zero-order valence-corrected chi connectivity index (χ0v) is 23.3. The van der Waals surface area contributed by atoms with Crippen molar-refractivity contribution in [3.63, 3.8) is 0 Å². The number of aromatic amines is 2. The summed E-state index contributed by atoms with van der Waals surface area (Å²) in [6.07, 6.45) is 7.32. The summed E-state index contributed by atoms with van der Waals surface area (Å²) in [7, 11) is 0. The molecule has 2 aromatic carbocycles. The molecule has 0 aliphatic heterocycles. The lowest BCUT2D eigenvalue weighted by Gasteiger charge is -2.29. The topological polar surface area (TPSA) is 99.4 Å². The minimum atomic E-state index is -0.0530. The van der Waals surface area contributed by atoms with E-state index in [1.54, 1.807) is 30.8 Å². The molecule has 1 unspecified atom stereocenters. The molecule has 0 radical (unpaired) electrons. The molecule has 0 saturated carbocycles. The lowest BCUT2D eigenvalue weighted by Crippen LogP contribution is -2.19. The Hall–Kier alpha value is -3.27. The number of nitriles is 1. The van der Waals surface area contributed by atoms with Gasteiger partial charge in [-0.3, -0.25) is 0 Å². The number of aliphatic hydroxyl groups is 1. The first kappa shape index (κ1) is 32.7. The van der Waals surface area contributed by atoms with Gasteiger partial charge >= 0.3 is 0 Å². The highest BCUT2D eigenvalue weighted by Crippen LogP contribution is 2.34. The van der Waals surface area contributed by atoms with Gasteiger partial charge in [0, 0.05) is 18.6 Å². The molecular weight excluding hydrogens is 464 g/mol. The van der Waals surface area contributed by atoms with Crippen molar-refractivity contribution in [3.05, 3.63) is 107 Å². The van der Waals surface area contributed by atoms with E-state index < -0.39 is 0 Å². The van der Waals surface area contributed by atoms with Gasteiger partial charge in [0.1, 0.15) is 0 Å². The Kier molecular flexibility index (Phi) is 17.3. The van der Waals surface area contributed by atoms with Crippen LogP contribution in [-0.2, 0) is 12.0 Å². The molecule has 0 bridgehead atoms. The Balaban J connectivity index is 0.000000655. The second kappa shape index (κ2) is 19.0. The average molecular weight is 507 g/mol. The minimum Gasteiger partial charge on any atom is -0.390 e. The highest BCUT2D eigenvalue weighted by atomic mass is 32.1. The number of hydrogen-bond donors (Lipinski definition) is 5. The van der Waals surface area contributed by atoms with Gasteiger partial charge in [-0.1, -0.05) is 77.1 Å². The molecule has 0 amide bonds. The molecule has 5 nitrogen and oxygen atoms in total. The zero-order valence-electron chi connectivity index (χ0n) is 22.4. The molecule has 0 aliphatic carbocycles. The van der Waals surface area contributed by atoms with Crippen LogP contribution in [0.1, 0.15) is 75.0 Å². The molecule has 3 rings (SSSR count). The smallest absolute Gasteiger partial charge is 0.0991 e. The van der Waals surface area contributed by atoms with Crippen molar-refractivity contribution >= 4 is 18.8 Å². The summed E-state index contributed by atoms with van der Waals surface area (Å²) in [5, 5.41) is 24.6. The van der Waals surface area contributed by atoms with E-state index in [1.807, 2.05) is 26.0 Å². The molecule has 0 saturated heterocycles. The number of thiol groups is 1. The van der Waals surface area contributed by atoms with Crippen molar-refractivity contribution in [1.82, 2.24) is 9.97 Å². The van der Waals surface area contributed by atoms with Crippen LogP contribution in [0.3, 0.4) is 0 Å². The number of aromatic nitrogens is 2. The monoisotopic (exact) mass is 506 g/mol. The minimum absolute atomic E-state index is 0.0530. The largest absolute Gasteiger partial charge is 0.390 e. The molecule has 1 heterocycles. The maximum Gasteiger partial charge on any atom is 0.0991 e. The summed E-state index contributed by atoms with van der Waals surface area (Å²) in [6, 6.07) is 24.3. The third-order valence-electron chi connectivity index (χ3n) is 5.36. The normalized spacial score (nSPS) is 10.4. The highest BCUT2D eigenvalue weighted by Gasteiger charge is 2.23. The Morgan fingerprint density at radius 3 is 2.14 bits per heavy atom. The third kappa shape index (κ3) is 11.9. The second-order valence-electron chi connectivity index (χ2n) is 8.33. The van der Waals surface area contributed by atoms with Crippen molar-refractivity contribution in [1.29, 1.82) is 10.7 Å². The van der Waals surface area contributed by atoms with E-state index >= 15 is 0 Å². The van der Waals surface area contributed by atoms with E-state index in [-0.39, 0.29) is 12.0 Å². The van der Waals surface area contributed by atoms with Gasteiger partial charge in [0.2, 0.25) is 0 Å². The SMILES string of the molecule is CC.CC(CC(C)(C)c1ccccc1)c1ccc(C#N)cc1.CS.N=Cc1ccc[nH]c(CO)c[nH]1. The Morgan fingerprint density at radius 1 is 1.00 bits per heavy atom. The molecule has 36 heavy (non-hydrogen) atoms. The van der Waals surface area contributed by atoms with Gasteiger partial charge in [-0.2, -0.15) is 17.9 Å². The van der Waals surface area contributed by atoms with Gasteiger partial charge in [0.25, 0.3) is 0 Å². The fourth-order valence-corrected chi connectivity index (χ4v) is 3.52. The third-order valence-corrected chi connectivity index (χ3v) is 5.36. The molecule has 6 heteroatoms. The Morgan fingerprint density at radius 2 is 1.61 bits per heavy atom. The summed E-state index contributed by atoms with van der Waals surface area (Å²) >= 11 is 3.53. The van der Waals surface area contributed by atoms with E-state index in [9.17, 15) is 0 Å². The van der Waals surface area contributed by atoms with Crippen LogP contribution in [0.5, 0.6) is 0 Å². The van der Waals surface area contributed by atoms with Crippen LogP contribution in [0.2, 0.25) is 0 Å². The first-order chi connectivity index (χ1) is 17.4. The number of rotatable bonds is 6. The number of nitrogens with zero attached hydrogens (tertiary/aromatic N) is 1. The van der Waals surface area contributed by atoms with E-state index in [1.165, 1.54) is 17.3 Å². The lowest BCUT2D eigenvalue weighted by molar-refractivity contribution is 0.276. The molecule has 0 fully saturated rings. The number of hydrogen-bond acceptors (Lipinski definition) is 4. The van der Waals surface area contributed by atoms with Gasteiger partial charge in [0.05, 0.1) is 29.6 Å². The predicted octanol–water partition coefficient (Wildman–Crippen LogP) is 7.56. The lowest BCUT2D eigenvalue weighted by atomic mass is 9.76. The van der Waals surface area contributed by atoms with Gasteiger partial charge in [-0.05, 0) is 59.4 Å². The summed E-state index contributed by atoms with van der Waals surface area (Å²) in [6.45, 7) is 10.8. The Labute approximate surface area is 222 Å². The number of aliphatic hydroxyl groups excluding tert-OH is 1. The van der Waals surface area contributed by atoms with Crippen LogP contribution in [0.4, 0.5) is 0 Å². The van der Waals surface area contributed by atoms with Crippen molar-refractivity contribution in [2.45, 2.75) is 59.0 Å². The quantitative estimate of drug-likeness (QED) is 0.176. The van der Waals surface area contributed by atoms with Gasteiger partial charge in [-0.25, -0.2) is 0 Å². The summed E-state index contributed by atoms with van der Waals surface area (Å²) in [5.41, 5.74) is 4.89. The summed E-state index contributed by atoms with van der Waals surface area (Å²) in [4.78, 5) is 5.72. The van der Waals surface area contributed by atoms with Crippen molar-refractivity contribution in [2.24, 2.45) is 0 Å². The number of nitrogens with one attached hydrogen (secondary N) is 3. The van der Waals surface area contributed by atoms with Crippen molar-refractivity contribution in [3.8, 4) is 6.07 Å². The Bertz CT molecular complexity index is 1060. The fraction of sp³-hybridized carbons (Fsp3) is 0.333. The van der Waals surface area contributed by atoms with Gasteiger partial charge in [0.15, 0.2) is 0 Å². The summed E-state index contributed by atoms with van der Waals surface area (Å²) < 4.78 is 0. The van der Waals surface area contributed by atoms with Crippen molar-refractivity contribution < 1.29 is 5.11 Å². The second-order valence-corrected chi connectivity index (χ2v) is 8.33. The molecule has 3 aromatic rings. The van der Waals surface area contributed by atoms with E-state index in [4.69, 9.17) is 15.8 Å². The molecule has 1 aromatic heterocycles. The first-order valence-electron chi connectivity index (χ1n) is 12.1. The fourth-order valence-electron chi connectivity index (χ4n) is 3.52. The molecule has 4 N–H and O–H groups in total. The summed E-state index contributed by atoms with van der Waals surface area (Å²) in [5.74, 6) is 0.470. The predicted molar refractivity (Wildman–Crippen MR) is 156 cm³/mol. The molecule has 194 valence electrons. The average Bonchev–Trinajstić information content (AvgIpc) is 2.92. The van der Waals surface area contributed by atoms with E-state index in [0.29, 0.717) is 17.3 Å². The highest BCUT2D eigenvalue weighted by molar-refractivity contribution is 7.79. The standard InChI is InChI=1S/C19H21N.C8H11N3O.C2H6.CH4S/c1-15(17-11-9-16(14-20)10-12-17)13-19(2,3)18-7-5-4-6-8-18;9-4-7-2-1-3-10-8(6-12)5-11-7;2*1-2/h4-12,15H,13H2,1-3H3;1-5,9-12H,6H2;1-2H3;2H,1H3. The van der Waals surface area contributed by atoms with Crippen LogP contribution in [0.25, 0.3) is 0 Å². The van der Waals surface area contributed by atoms with Crippen LogP contribution in [0.15, 0.2) is 79.1 Å². The number of H-pyrrole nitrogens is 2. The van der Waals surface area contributed by atoms with Gasteiger partial charge < -0.3 is 20.5 Å². The molecule has 1 atom stereocenters. The van der Waals surface area contributed by atoms with Crippen LogP contribution in [-0.4, -0.2) is 27.5 Å². The molecule has 0 aliphatic rings. The van der Waals surface area contributed by atoms with Crippen LogP contribution in [0, 0.1) is 16.7 Å². The van der Waals surface area contributed by atoms with Crippen LogP contribution < -0.4 is 0 Å². The molecular formula is C30H42N4OS. The van der Waals surface area contributed by atoms with E-state index in [0.717, 1.165) is 12.0 Å². The first-order valence-corrected chi connectivity index (χ1v) is 13.0. The number of benzene rings is 2. The van der Waals surface area contributed by atoms with E-state index in [2.05, 4.69) is 91.9 Å². The zero-order chi connectivity index (χ0) is 27.4. The maximum atomic E-state index is 8.85.